The van der Waals surface area contributed by atoms with Gasteiger partial charge < -0.3 is 19.3 Å². The molecule has 1 fully saturated rings. The molecule has 0 radical (unpaired) electrons. The predicted octanol–water partition coefficient (Wildman–Crippen LogP) is 4.20. The van der Waals surface area contributed by atoms with Gasteiger partial charge in [-0.25, -0.2) is 9.78 Å². The molecular weight excluding hydrogens is 386 g/mol. The van der Waals surface area contributed by atoms with Crippen molar-refractivity contribution >= 4 is 27.7 Å². The van der Waals surface area contributed by atoms with Crippen LogP contribution in [0.3, 0.4) is 0 Å². The van der Waals surface area contributed by atoms with Crippen molar-refractivity contribution in [2.24, 2.45) is 0 Å². The van der Waals surface area contributed by atoms with E-state index in [1.165, 1.54) is 6.26 Å². The molecule has 138 valence electrons. The molecule has 0 aliphatic carbocycles. The van der Waals surface area contributed by atoms with E-state index in [-0.39, 0.29) is 6.09 Å². The Morgan fingerprint density at radius 3 is 2.48 bits per heavy atom. The molecule has 1 aliphatic heterocycles. The number of amides is 1. The molecule has 6 nitrogen and oxygen atoms in total. The van der Waals surface area contributed by atoms with Gasteiger partial charge in [0.05, 0.1) is 18.1 Å². The minimum absolute atomic E-state index is 0.229. The summed E-state index contributed by atoms with van der Waals surface area (Å²) < 4.78 is 11.5. The monoisotopic (exact) mass is 411 g/mol. The van der Waals surface area contributed by atoms with Crippen molar-refractivity contribution < 1.29 is 14.3 Å². The fraction of sp³-hybridized carbons (Fsp3) is 0.556. The van der Waals surface area contributed by atoms with Gasteiger partial charge in [0, 0.05) is 32.2 Å². The number of nitrogens with zero attached hydrogens (tertiary/aromatic N) is 3. The number of hydrogen-bond acceptors (Lipinski definition) is 5. The van der Waals surface area contributed by atoms with Crippen molar-refractivity contribution in [3.8, 4) is 5.75 Å². The van der Waals surface area contributed by atoms with Crippen LogP contribution >= 0.6 is 15.9 Å². The Labute approximate surface area is 157 Å². The quantitative estimate of drug-likeness (QED) is 0.550. The van der Waals surface area contributed by atoms with E-state index >= 15 is 0 Å². The van der Waals surface area contributed by atoms with Gasteiger partial charge in [-0.3, -0.25) is 0 Å². The van der Waals surface area contributed by atoms with Crippen LogP contribution in [0.15, 0.2) is 29.7 Å². The summed E-state index contributed by atoms with van der Waals surface area (Å²) in [6.07, 6.45) is 4.72. The van der Waals surface area contributed by atoms with E-state index < -0.39 is 5.60 Å². The second kappa shape index (κ2) is 8.56. The largest absolute Gasteiger partial charge is 0.463 e. The normalized spacial score (nSPS) is 16.0. The van der Waals surface area contributed by atoms with E-state index in [4.69, 9.17) is 9.47 Å². The maximum absolute atomic E-state index is 12.2. The number of rotatable bonds is 3. The number of halogens is 1. The molecule has 1 aromatic heterocycles. The van der Waals surface area contributed by atoms with Gasteiger partial charge in [-0.1, -0.05) is 6.58 Å². The van der Waals surface area contributed by atoms with Gasteiger partial charge in [-0.05, 0) is 49.5 Å². The van der Waals surface area contributed by atoms with Crippen molar-refractivity contribution in [2.75, 3.05) is 31.1 Å². The number of carbonyl (C=O) groups is 1. The molecule has 1 aromatic rings. The number of pyridine rings is 1. The molecule has 2 rings (SSSR count). The summed E-state index contributed by atoms with van der Waals surface area (Å²) in [5.41, 5.74) is 0.543. The van der Waals surface area contributed by atoms with E-state index in [1.54, 1.807) is 4.90 Å². The Hall–Kier alpha value is -1.76. The Morgan fingerprint density at radius 1 is 1.28 bits per heavy atom. The molecule has 0 saturated carbocycles. The van der Waals surface area contributed by atoms with Gasteiger partial charge in [0.25, 0.3) is 0 Å². The second-order valence-corrected chi connectivity index (χ2v) is 7.68. The third-order valence-corrected chi connectivity index (χ3v) is 4.33. The Kier molecular flexibility index (Phi) is 6.70. The number of ether oxygens (including phenoxy) is 2. The third kappa shape index (κ3) is 5.92. The SMILES string of the molecule is C=COc1cc(N2CCCN(C(=O)OC(C)(C)C)CCC2)cnc1Br. The highest BCUT2D eigenvalue weighted by molar-refractivity contribution is 9.10. The third-order valence-electron chi connectivity index (χ3n) is 3.73. The lowest BCUT2D eigenvalue weighted by atomic mass is 10.2. The molecule has 1 aliphatic rings. The predicted molar refractivity (Wildman–Crippen MR) is 102 cm³/mol. The van der Waals surface area contributed by atoms with E-state index in [9.17, 15) is 4.79 Å². The maximum Gasteiger partial charge on any atom is 0.410 e. The van der Waals surface area contributed by atoms with Crippen LogP contribution in [0.4, 0.5) is 10.5 Å². The van der Waals surface area contributed by atoms with E-state index in [0.29, 0.717) is 23.4 Å². The molecule has 0 atom stereocenters. The molecule has 7 heteroatoms. The van der Waals surface area contributed by atoms with Gasteiger partial charge >= 0.3 is 6.09 Å². The summed E-state index contributed by atoms with van der Waals surface area (Å²) in [4.78, 5) is 20.6. The minimum atomic E-state index is -0.462. The van der Waals surface area contributed by atoms with Gasteiger partial charge in [0.1, 0.15) is 10.2 Å². The van der Waals surface area contributed by atoms with Gasteiger partial charge in [-0.2, -0.15) is 0 Å². The summed E-state index contributed by atoms with van der Waals surface area (Å²) in [7, 11) is 0. The van der Waals surface area contributed by atoms with E-state index in [2.05, 4.69) is 32.4 Å². The fourth-order valence-corrected chi connectivity index (χ4v) is 2.97. The zero-order chi connectivity index (χ0) is 18.4. The standard InChI is InChI=1S/C18H26BrN3O3/c1-5-24-15-12-14(13-20-16(15)19)21-8-6-10-22(11-7-9-21)17(23)25-18(2,3)4/h5,12-13H,1,6-11H2,2-4H3. The van der Waals surface area contributed by atoms with Crippen LogP contribution in [-0.2, 0) is 4.74 Å². The summed E-state index contributed by atoms with van der Waals surface area (Å²) in [5, 5.41) is 0. The van der Waals surface area contributed by atoms with Crippen LogP contribution in [0.25, 0.3) is 0 Å². The number of aromatic nitrogens is 1. The number of anilines is 1. The molecule has 0 spiro atoms. The van der Waals surface area contributed by atoms with E-state index in [0.717, 1.165) is 31.6 Å². The average Bonchev–Trinajstić information content (AvgIpc) is 2.48. The molecule has 25 heavy (non-hydrogen) atoms. The second-order valence-electron chi connectivity index (χ2n) is 6.93. The van der Waals surface area contributed by atoms with Gasteiger partial charge in [-0.15, -0.1) is 0 Å². The van der Waals surface area contributed by atoms with Crippen molar-refractivity contribution in [3.63, 3.8) is 0 Å². The first-order chi connectivity index (χ1) is 11.8. The van der Waals surface area contributed by atoms with Crippen LogP contribution in [0.1, 0.15) is 33.6 Å². The zero-order valence-electron chi connectivity index (χ0n) is 15.1. The summed E-state index contributed by atoms with van der Waals surface area (Å²) in [6.45, 7) is 12.3. The van der Waals surface area contributed by atoms with Crippen LogP contribution in [0.5, 0.6) is 5.75 Å². The lowest BCUT2D eigenvalue weighted by Gasteiger charge is -2.32. The molecular formula is C18H26BrN3O3. The maximum atomic E-state index is 12.2. The van der Waals surface area contributed by atoms with Crippen LogP contribution in [-0.4, -0.2) is 47.8 Å². The topological polar surface area (TPSA) is 54.9 Å². The first kappa shape index (κ1) is 19.6. The van der Waals surface area contributed by atoms with Crippen molar-refractivity contribution in [2.45, 2.75) is 39.2 Å². The molecule has 1 amide bonds. The molecule has 0 N–H and O–H groups in total. The highest BCUT2D eigenvalue weighted by Gasteiger charge is 2.23. The van der Waals surface area contributed by atoms with Crippen molar-refractivity contribution in [1.82, 2.24) is 9.88 Å². The number of carbonyl (C=O) groups excluding carboxylic acids is 1. The summed E-state index contributed by atoms with van der Waals surface area (Å²) >= 11 is 3.37. The number of hydrogen-bond donors (Lipinski definition) is 0. The Morgan fingerprint density at radius 2 is 1.92 bits per heavy atom. The fourth-order valence-electron chi connectivity index (χ4n) is 2.66. The van der Waals surface area contributed by atoms with Gasteiger partial charge in [0.2, 0.25) is 0 Å². The Balaban J connectivity index is 1.98. The van der Waals surface area contributed by atoms with Crippen molar-refractivity contribution in [1.29, 1.82) is 0 Å². The summed E-state index contributed by atoms with van der Waals surface area (Å²) in [5.74, 6) is 0.643. The lowest BCUT2D eigenvalue weighted by molar-refractivity contribution is 0.0242. The molecule has 1 saturated heterocycles. The van der Waals surface area contributed by atoms with Crippen LogP contribution in [0, 0.1) is 0 Å². The molecule has 2 heterocycles. The van der Waals surface area contributed by atoms with Crippen molar-refractivity contribution in [3.05, 3.63) is 29.7 Å². The van der Waals surface area contributed by atoms with Crippen LogP contribution < -0.4 is 9.64 Å². The Bertz CT molecular complexity index is 606. The highest BCUT2D eigenvalue weighted by atomic mass is 79.9. The minimum Gasteiger partial charge on any atom is -0.463 e. The smallest absolute Gasteiger partial charge is 0.410 e. The summed E-state index contributed by atoms with van der Waals surface area (Å²) in [6, 6.07) is 1.95. The zero-order valence-corrected chi connectivity index (χ0v) is 16.7. The van der Waals surface area contributed by atoms with Gasteiger partial charge in [0.15, 0.2) is 5.75 Å². The lowest BCUT2D eigenvalue weighted by Crippen LogP contribution is -2.42. The highest BCUT2D eigenvalue weighted by Crippen LogP contribution is 2.28. The first-order valence-electron chi connectivity index (χ1n) is 8.46. The first-order valence-corrected chi connectivity index (χ1v) is 9.25. The molecule has 0 bridgehead atoms. The average molecular weight is 412 g/mol. The van der Waals surface area contributed by atoms with E-state index in [1.807, 2.05) is 33.0 Å². The van der Waals surface area contributed by atoms with Crippen LogP contribution in [0.2, 0.25) is 0 Å². The molecule has 0 unspecified atom stereocenters. The molecule has 0 aromatic carbocycles.